The van der Waals surface area contributed by atoms with Crippen LogP contribution in [0.1, 0.15) is 18.4 Å². The summed E-state index contributed by atoms with van der Waals surface area (Å²) in [6.07, 6.45) is 5.23. The SMILES string of the molecule is Cc1ccc(N(N)C(=O)N2CCOC(CN=O)C2)cc1-c1ccc2c(c1)=CNC(NC(=O)C1CC1)C=2. The molecule has 1 saturated heterocycles. The molecule has 2 aromatic rings. The van der Waals surface area contributed by atoms with Gasteiger partial charge >= 0.3 is 6.03 Å². The standard InChI is InChI=1S/C26H30N6O4/c1-16-2-7-21(32(27)26(34)31-8-9-36-22(15-31)14-29-35)12-23(16)19-6-5-18-11-24(28-13-20(18)10-19)30-25(33)17-3-4-17/h2,5-7,10-13,17,22,24,28H,3-4,8-9,14-15,27H2,1H3,(H,30,33). The van der Waals surface area contributed by atoms with Crippen molar-refractivity contribution in [3.8, 4) is 11.1 Å². The molecule has 4 N–H and O–H groups in total. The maximum atomic E-state index is 13.0. The molecule has 2 aromatic carbocycles. The number of nitrogens with one attached hydrogen (secondary N) is 2. The Balaban J connectivity index is 1.35. The van der Waals surface area contributed by atoms with Crippen LogP contribution in [0.4, 0.5) is 10.5 Å². The molecule has 0 bridgehead atoms. The summed E-state index contributed by atoms with van der Waals surface area (Å²) in [7, 11) is 0. The van der Waals surface area contributed by atoms with Gasteiger partial charge in [-0.3, -0.25) is 4.79 Å². The second-order valence-electron chi connectivity index (χ2n) is 9.48. The molecule has 0 radical (unpaired) electrons. The molecule has 2 heterocycles. The number of fused-ring (bicyclic) bond motifs is 1. The van der Waals surface area contributed by atoms with Gasteiger partial charge < -0.3 is 20.3 Å². The molecule has 10 nitrogen and oxygen atoms in total. The van der Waals surface area contributed by atoms with Gasteiger partial charge in [0.2, 0.25) is 5.91 Å². The van der Waals surface area contributed by atoms with Crippen LogP contribution in [0.5, 0.6) is 0 Å². The molecular formula is C26H30N6O4. The highest BCUT2D eigenvalue weighted by Crippen LogP contribution is 2.29. The largest absolute Gasteiger partial charge is 0.372 e. The Kier molecular flexibility index (Phi) is 6.71. The third kappa shape index (κ3) is 5.09. The number of hydrogen-bond donors (Lipinski definition) is 3. The first-order valence-corrected chi connectivity index (χ1v) is 12.2. The number of hydrogen-bond acceptors (Lipinski definition) is 7. The lowest BCUT2D eigenvalue weighted by Gasteiger charge is -2.34. The quantitative estimate of drug-likeness (QED) is 0.239. The lowest BCUT2D eigenvalue weighted by Crippen LogP contribution is -2.54. The summed E-state index contributed by atoms with van der Waals surface area (Å²) in [5.74, 6) is 6.49. The molecular weight excluding hydrogens is 460 g/mol. The fourth-order valence-corrected chi connectivity index (χ4v) is 4.55. The van der Waals surface area contributed by atoms with E-state index in [2.05, 4.69) is 21.9 Å². The van der Waals surface area contributed by atoms with Crippen molar-refractivity contribution >= 4 is 29.9 Å². The van der Waals surface area contributed by atoms with Crippen molar-refractivity contribution in [2.24, 2.45) is 16.9 Å². The van der Waals surface area contributed by atoms with Crippen molar-refractivity contribution in [1.29, 1.82) is 0 Å². The van der Waals surface area contributed by atoms with Gasteiger partial charge in [-0.2, -0.15) is 4.91 Å². The predicted octanol–water partition coefficient (Wildman–Crippen LogP) is 0.903. The van der Waals surface area contributed by atoms with Crippen LogP contribution in [-0.4, -0.2) is 55.3 Å². The van der Waals surface area contributed by atoms with E-state index >= 15 is 0 Å². The van der Waals surface area contributed by atoms with Crippen molar-refractivity contribution < 1.29 is 14.3 Å². The highest BCUT2D eigenvalue weighted by Gasteiger charge is 2.31. The maximum absolute atomic E-state index is 13.0. The molecule has 3 amide bonds. The summed E-state index contributed by atoms with van der Waals surface area (Å²) < 4.78 is 5.48. The molecule has 36 heavy (non-hydrogen) atoms. The van der Waals surface area contributed by atoms with E-state index < -0.39 is 6.10 Å². The number of amides is 3. The Morgan fingerprint density at radius 2 is 2.06 bits per heavy atom. The number of morpholine rings is 1. The molecule has 10 heteroatoms. The van der Waals surface area contributed by atoms with Gasteiger partial charge in [-0.25, -0.2) is 15.6 Å². The zero-order valence-corrected chi connectivity index (χ0v) is 20.1. The van der Waals surface area contributed by atoms with E-state index in [1.807, 2.05) is 49.5 Å². The Morgan fingerprint density at radius 1 is 1.22 bits per heavy atom. The van der Waals surface area contributed by atoms with Crippen LogP contribution in [0.2, 0.25) is 0 Å². The van der Waals surface area contributed by atoms with E-state index in [4.69, 9.17) is 10.6 Å². The zero-order chi connectivity index (χ0) is 25.2. The summed E-state index contributed by atoms with van der Waals surface area (Å²) in [5, 5.41) is 12.3. The molecule has 2 unspecified atom stereocenters. The van der Waals surface area contributed by atoms with Gasteiger partial charge in [0.1, 0.15) is 12.7 Å². The minimum absolute atomic E-state index is 0.00169. The van der Waals surface area contributed by atoms with Gasteiger partial charge in [-0.05, 0) is 71.2 Å². The number of hydrazine groups is 1. The number of urea groups is 1. The first kappa shape index (κ1) is 24.0. The van der Waals surface area contributed by atoms with Gasteiger partial charge in [-0.1, -0.05) is 23.4 Å². The lowest BCUT2D eigenvalue weighted by atomic mass is 9.98. The van der Waals surface area contributed by atoms with E-state index in [0.717, 1.165) is 45.0 Å². The number of nitrogens with two attached hydrogens (primary N) is 1. The number of nitrogens with zero attached hydrogens (tertiary/aromatic N) is 3. The number of benzene rings is 2. The Bertz CT molecular complexity index is 1310. The van der Waals surface area contributed by atoms with Crippen molar-refractivity contribution in [2.45, 2.75) is 32.0 Å². The van der Waals surface area contributed by atoms with Crippen molar-refractivity contribution in [2.75, 3.05) is 31.3 Å². The molecule has 2 atom stereocenters. The van der Waals surface area contributed by atoms with Crippen LogP contribution >= 0.6 is 0 Å². The Hall–Kier alpha value is -3.76. The molecule has 2 aliphatic heterocycles. The second kappa shape index (κ2) is 10.1. The molecule has 1 aliphatic carbocycles. The minimum Gasteiger partial charge on any atom is -0.372 e. The Morgan fingerprint density at radius 3 is 2.83 bits per heavy atom. The van der Waals surface area contributed by atoms with Crippen molar-refractivity contribution in [3.63, 3.8) is 0 Å². The molecule has 0 aromatic heterocycles. The maximum Gasteiger partial charge on any atom is 0.339 e. The minimum atomic E-state index is -0.416. The lowest BCUT2D eigenvalue weighted by molar-refractivity contribution is -0.122. The van der Waals surface area contributed by atoms with Gasteiger partial charge in [0, 0.05) is 18.7 Å². The van der Waals surface area contributed by atoms with Crippen LogP contribution in [-0.2, 0) is 9.53 Å². The molecule has 5 rings (SSSR count). The number of nitroso groups, excluding NO2 is 1. The molecule has 1 saturated carbocycles. The third-order valence-corrected chi connectivity index (χ3v) is 6.80. The third-order valence-electron chi connectivity index (χ3n) is 6.80. The predicted molar refractivity (Wildman–Crippen MR) is 137 cm³/mol. The normalized spacial score (nSPS) is 20.8. The van der Waals surface area contributed by atoms with E-state index in [-0.39, 0.29) is 37.1 Å². The highest BCUT2D eigenvalue weighted by molar-refractivity contribution is 5.92. The number of carbonyl (C=O) groups is 2. The zero-order valence-electron chi connectivity index (χ0n) is 20.1. The van der Waals surface area contributed by atoms with Crippen LogP contribution in [0.15, 0.2) is 41.6 Å². The summed E-state index contributed by atoms with van der Waals surface area (Å²) in [5.41, 5.74) is 3.56. The molecule has 188 valence electrons. The van der Waals surface area contributed by atoms with Crippen LogP contribution in [0.25, 0.3) is 23.4 Å². The summed E-state index contributed by atoms with van der Waals surface area (Å²) in [6, 6.07) is 11.4. The Labute approximate surface area is 208 Å². The monoisotopic (exact) mass is 490 g/mol. The number of ether oxygens (including phenoxy) is 1. The summed E-state index contributed by atoms with van der Waals surface area (Å²) in [6.45, 7) is 3.01. The van der Waals surface area contributed by atoms with E-state index in [1.54, 1.807) is 4.90 Å². The van der Waals surface area contributed by atoms with Gasteiger partial charge in [0.25, 0.3) is 0 Å². The number of anilines is 1. The fraction of sp³-hybridized carbons (Fsp3) is 0.385. The second-order valence-corrected chi connectivity index (χ2v) is 9.48. The van der Waals surface area contributed by atoms with Gasteiger partial charge in [-0.15, -0.1) is 0 Å². The number of rotatable bonds is 6. The number of aryl methyl sites for hydroxylation is 1. The first-order valence-electron chi connectivity index (χ1n) is 12.2. The van der Waals surface area contributed by atoms with Gasteiger partial charge in [0.15, 0.2) is 0 Å². The summed E-state index contributed by atoms with van der Waals surface area (Å²) in [4.78, 5) is 37.3. The van der Waals surface area contributed by atoms with E-state index in [1.165, 1.54) is 0 Å². The van der Waals surface area contributed by atoms with Crippen molar-refractivity contribution in [1.82, 2.24) is 15.5 Å². The van der Waals surface area contributed by atoms with E-state index in [9.17, 15) is 14.5 Å². The summed E-state index contributed by atoms with van der Waals surface area (Å²) >= 11 is 0. The first-order chi connectivity index (χ1) is 17.4. The van der Waals surface area contributed by atoms with Crippen molar-refractivity contribution in [3.05, 3.63) is 57.3 Å². The molecule has 0 spiro atoms. The van der Waals surface area contributed by atoms with Gasteiger partial charge in [0.05, 0.1) is 24.9 Å². The average molecular weight is 491 g/mol. The molecule has 2 fully saturated rings. The fourth-order valence-electron chi connectivity index (χ4n) is 4.55. The van der Waals surface area contributed by atoms with E-state index in [0.29, 0.717) is 18.8 Å². The van der Waals surface area contributed by atoms with Crippen LogP contribution in [0, 0.1) is 17.7 Å². The van der Waals surface area contributed by atoms with Crippen LogP contribution < -0.4 is 31.9 Å². The molecule has 3 aliphatic rings. The topological polar surface area (TPSA) is 129 Å². The average Bonchev–Trinajstić information content (AvgIpc) is 3.74. The smallest absolute Gasteiger partial charge is 0.339 e. The number of carbonyl (C=O) groups excluding carboxylic acids is 2. The van der Waals surface area contributed by atoms with Crippen LogP contribution in [0.3, 0.4) is 0 Å². The highest BCUT2D eigenvalue weighted by atomic mass is 16.5.